The molecule has 1 aromatic carbocycles. The highest BCUT2D eigenvalue weighted by Gasteiger charge is 2.15. The minimum Gasteiger partial charge on any atom is -0.486 e. The van der Waals surface area contributed by atoms with E-state index in [1.807, 2.05) is 51.1 Å². The van der Waals surface area contributed by atoms with Gasteiger partial charge in [0.2, 0.25) is 0 Å². The number of aliphatic hydroxyl groups is 1. The van der Waals surface area contributed by atoms with Crippen LogP contribution in [0.3, 0.4) is 0 Å². The van der Waals surface area contributed by atoms with Gasteiger partial charge in [-0.1, -0.05) is 25.1 Å². The molecule has 1 heterocycles. The molecule has 0 bridgehead atoms. The van der Waals surface area contributed by atoms with E-state index in [0.29, 0.717) is 6.42 Å². The second kappa shape index (κ2) is 5.36. The van der Waals surface area contributed by atoms with Crippen LogP contribution in [-0.2, 0) is 0 Å². The third kappa shape index (κ3) is 2.62. The molecule has 18 heavy (non-hydrogen) atoms. The van der Waals surface area contributed by atoms with E-state index >= 15 is 0 Å². The van der Waals surface area contributed by atoms with Gasteiger partial charge in [0.05, 0.1) is 6.10 Å². The molecule has 0 aliphatic rings. The second-order valence-corrected chi connectivity index (χ2v) is 4.58. The van der Waals surface area contributed by atoms with Gasteiger partial charge in [0, 0.05) is 11.1 Å². The molecule has 0 aliphatic heterocycles. The fourth-order valence-corrected chi connectivity index (χ4v) is 1.92. The number of para-hydroxylation sites is 1. The number of ether oxygens (including phenoxy) is 1. The number of hydrogen-bond acceptors (Lipinski definition) is 3. The maximum atomic E-state index is 9.77. The van der Waals surface area contributed by atoms with Gasteiger partial charge in [-0.25, -0.2) is 4.98 Å². The molecule has 0 spiro atoms. The standard InChI is InChI=1S/C15H19NO2/c1-4-13(17)11(3)18-14-7-5-6-12-9-8-10(2)16-15(12)14/h5-9,11,13,17H,4H2,1-3H3. The number of nitrogens with zero attached hydrogens (tertiary/aromatic N) is 1. The zero-order valence-corrected chi connectivity index (χ0v) is 11.1. The van der Waals surface area contributed by atoms with Crippen LogP contribution in [0.15, 0.2) is 30.3 Å². The number of aryl methyl sites for hydroxylation is 1. The number of fused-ring (bicyclic) bond motifs is 1. The molecule has 3 nitrogen and oxygen atoms in total. The Morgan fingerprint density at radius 1 is 1.28 bits per heavy atom. The summed E-state index contributed by atoms with van der Waals surface area (Å²) in [6.07, 6.45) is -0.00810. The Morgan fingerprint density at radius 3 is 2.78 bits per heavy atom. The molecule has 0 saturated heterocycles. The predicted molar refractivity (Wildman–Crippen MR) is 72.9 cm³/mol. The Kier molecular flexibility index (Phi) is 3.82. The Bertz CT molecular complexity index is 539. The summed E-state index contributed by atoms with van der Waals surface area (Å²) in [6, 6.07) is 9.87. The molecular formula is C15H19NO2. The van der Waals surface area contributed by atoms with Crippen LogP contribution in [-0.4, -0.2) is 22.3 Å². The van der Waals surface area contributed by atoms with Gasteiger partial charge in [-0.2, -0.15) is 0 Å². The SMILES string of the molecule is CCC(O)C(C)Oc1cccc2ccc(C)nc12. The number of aromatic nitrogens is 1. The van der Waals surface area contributed by atoms with Crippen LogP contribution in [0, 0.1) is 6.92 Å². The summed E-state index contributed by atoms with van der Waals surface area (Å²) < 4.78 is 5.82. The fourth-order valence-electron chi connectivity index (χ4n) is 1.92. The molecular weight excluding hydrogens is 226 g/mol. The highest BCUT2D eigenvalue weighted by molar-refractivity contribution is 5.84. The second-order valence-electron chi connectivity index (χ2n) is 4.58. The predicted octanol–water partition coefficient (Wildman–Crippen LogP) is 3.08. The molecule has 2 unspecified atom stereocenters. The molecule has 0 fully saturated rings. The summed E-state index contributed by atoms with van der Waals surface area (Å²) in [6.45, 7) is 5.78. The van der Waals surface area contributed by atoms with Gasteiger partial charge in [-0.15, -0.1) is 0 Å². The molecule has 1 aromatic heterocycles. The van der Waals surface area contributed by atoms with Gasteiger partial charge in [0.1, 0.15) is 17.4 Å². The van der Waals surface area contributed by atoms with Gasteiger partial charge in [-0.05, 0) is 32.4 Å². The van der Waals surface area contributed by atoms with Crippen molar-refractivity contribution in [3.05, 3.63) is 36.0 Å². The van der Waals surface area contributed by atoms with Crippen molar-refractivity contribution in [1.29, 1.82) is 0 Å². The van der Waals surface area contributed by atoms with Crippen LogP contribution < -0.4 is 4.74 Å². The van der Waals surface area contributed by atoms with E-state index in [2.05, 4.69) is 4.98 Å². The van der Waals surface area contributed by atoms with Gasteiger partial charge in [-0.3, -0.25) is 0 Å². The van der Waals surface area contributed by atoms with E-state index < -0.39 is 6.10 Å². The summed E-state index contributed by atoms with van der Waals surface area (Å²) in [5.74, 6) is 0.733. The molecule has 3 heteroatoms. The van der Waals surface area contributed by atoms with Crippen molar-refractivity contribution in [2.75, 3.05) is 0 Å². The van der Waals surface area contributed by atoms with Crippen LogP contribution in [0.5, 0.6) is 5.75 Å². The molecule has 0 saturated carbocycles. The number of rotatable bonds is 4. The van der Waals surface area contributed by atoms with E-state index in [4.69, 9.17) is 4.74 Å². The van der Waals surface area contributed by atoms with Crippen molar-refractivity contribution in [1.82, 2.24) is 4.98 Å². The molecule has 2 aromatic rings. The molecule has 2 atom stereocenters. The molecule has 0 aliphatic carbocycles. The number of hydrogen-bond donors (Lipinski definition) is 1. The van der Waals surface area contributed by atoms with E-state index in [0.717, 1.165) is 22.3 Å². The van der Waals surface area contributed by atoms with E-state index in [9.17, 15) is 5.11 Å². The lowest BCUT2D eigenvalue weighted by Crippen LogP contribution is -2.27. The normalized spacial score (nSPS) is 14.4. The van der Waals surface area contributed by atoms with Crippen LogP contribution in [0.4, 0.5) is 0 Å². The summed E-state index contributed by atoms with van der Waals surface area (Å²) in [5.41, 5.74) is 1.81. The first-order valence-corrected chi connectivity index (χ1v) is 6.33. The zero-order chi connectivity index (χ0) is 13.1. The minimum atomic E-state index is -0.454. The molecule has 2 rings (SSSR count). The van der Waals surface area contributed by atoms with Gasteiger partial charge in [0.25, 0.3) is 0 Å². The third-order valence-electron chi connectivity index (χ3n) is 3.10. The molecule has 0 radical (unpaired) electrons. The van der Waals surface area contributed by atoms with Crippen molar-refractivity contribution in [3.8, 4) is 5.75 Å². The van der Waals surface area contributed by atoms with Crippen LogP contribution in [0.25, 0.3) is 10.9 Å². The van der Waals surface area contributed by atoms with Crippen molar-refractivity contribution in [2.24, 2.45) is 0 Å². The Balaban J connectivity index is 2.35. The average molecular weight is 245 g/mol. The lowest BCUT2D eigenvalue weighted by molar-refractivity contribution is 0.0459. The maximum Gasteiger partial charge on any atom is 0.146 e. The summed E-state index contributed by atoms with van der Waals surface area (Å²) in [5, 5.41) is 10.8. The average Bonchev–Trinajstić information content (AvgIpc) is 2.38. The third-order valence-corrected chi connectivity index (χ3v) is 3.10. The van der Waals surface area contributed by atoms with Gasteiger partial charge in [0.15, 0.2) is 0 Å². The van der Waals surface area contributed by atoms with Crippen molar-refractivity contribution >= 4 is 10.9 Å². The number of aliphatic hydroxyl groups excluding tert-OH is 1. The number of pyridine rings is 1. The summed E-state index contributed by atoms with van der Waals surface area (Å²) in [4.78, 5) is 4.51. The first kappa shape index (κ1) is 12.8. The zero-order valence-electron chi connectivity index (χ0n) is 11.1. The summed E-state index contributed by atoms with van der Waals surface area (Å²) >= 11 is 0. The monoisotopic (exact) mass is 245 g/mol. The van der Waals surface area contributed by atoms with Crippen LogP contribution >= 0.6 is 0 Å². The molecule has 0 amide bonds. The Labute approximate surface area is 107 Å². The van der Waals surface area contributed by atoms with E-state index in [1.165, 1.54) is 0 Å². The van der Waals surface area contributed by atoms with E-state index in [1.54, 1.807) is 0 Å². The largest absolute Gasteiger partial charge is 0.486 e. The smallest absolute Gasteiger partial charge is 0.146 e. The summed E-state index contributed by atoms with van der Waals surface area (Å²) in [7, 11) is 0. The Hall–Kier alpha value is -1.61. The van der Waals surface area contributed by atoms with Crippen molar-refractivity contribution < 1.29 is 9.84 Å². The maximum absolute atomic E-state index is 9.77. The number of benzene rings is 1. The molecule has 1 N–H and O–H groups in total. The van der Waals surface area contributed by atoms with Gasteiger partial charge >= 0.3 is 0 Å². The van der Waals surface area contributed by atoms with Crippen LogP contribution in [0.2, 0.25) is 0 Å². The highest BCUT2D eigenvalue weighted by atomic mass is 16.5. The van der Waals surface area contributed by atoms with Crippen molar-refractivity contribution in [2.45, 2.75) is 39.4 Å². The quantitative estimate of drug-likeness (QED) is 0.900. The van der Waals surface area contributed by atoms with Gasteiger partial charge < -0.3 is 9.84 Å². The lowest BCUT2D eigenvalue weighted by Gasteiger charge is -2.20. The van der Waals surface area contributed by atoms with Crippen molar-refractivity contribution in [3.63, 3.8) is 0 Å². The first-order valence-electron chi connectivity index (χ1n) is 6.33. The highest BCUT2D eigenvalue weighted by Crippen LogP contribution is 2.25. The topological polar surface area (TPSA) is 42.4 Å². The molecule has 96 valence electrons. The lowest BCUT2D eigenvalue weighted by atomic mass is 10.1. The minimum absolute atomic E-state index is 0.233. The Morgan fingerprint density at radius 2 is 2.06 bits per heavy atom. The van der Waals surface area contributed by atoms with Crippen LogP contribution in [0.1, 0.15) is 26.0 Å². The van der Waals surface area contributed by atoms with E-state index in [-0.39, 0.29) is 6.10 Å². The first-order chi connectivity index (χ1) is 8.61. The fraction of sp³-hybridized carbons (Fsp3) is 0.400.